The van der Waals surface area contributed by atoms with Crippen LogP contribution in [0.1, 0.15) is 20.3 Å². The molecule has 0 aliphatic carbocycles. The van der Waals surface area contributed by atoms with E-state index in [1.54, 1.807) is 24.0 Å². The fraction of sp³-hybridized carbons (Fsp3) is 0.533. The van der Waals surface area contributed by atoms with Crippen molar-refractivity contribution in [1.82, 2.24) is 4.90 Å². The normalized spacial score (nSPS) is 21.3. The summed E-state index contributed by atoms with van der Waals surface area (Å²) in [5.41, 5.74) is 0.806. The average Bonchev–Trinajstić information content (AvgIpc) is 2.82. The third kappa shape index (κ3) is 4.14. The number of nitrogens with zero attached hydrogens (tertiary/aromatic N) is 1. The number of sulfone groups is 1. The predicted octanol–water partition coefficient (Wildman–Crippen LogP) is 2.18. The summed E-state index contributed by atoms with van der Waals surface area (Å²) in [6.07, 6.45) is 0.523. The van der Waals surface area contributed by atoms with Crippen LogP contribution in [-0.4, -0.2) is 49.4 Å². The van der Waals surface area contributed by atoms with Crippen molar-refractivity contribution in [2.24, 2.45) is 0 Å². The van der Waals surface area contributed by atoms with Crippen molar-refractivity contribution in [3.05, 3.63) is 29.3 Å². The third-order valence-electron chi connectivity index (χ3n) is 3.87. The number of nitrogens with one attached hydrogen (secondary N) is 1. The molecule has 0 saturated carbocycles. The van der Waals surface area contributed by atoms with Gasteiger partial charge < -0.3 is 10.2 Å². The first-order valence-corrected chi connectivity index (χ1v) is 9.55. The van der Waals surface area contributed by atoms with Crippen molar-refractivity contribution in [3.8, 4) is 0 Å². The van der Waals surface area contributed by atoms with E-state index in [2.05, 4.69) is 5.32 Å². The standard InChI is InChI=1S/C15H21ClN2O3S/c1-3-18(14-8-9-22(20,21)10-14)15(19)11(2)17-13-6-4-12(16)5-7-13/h4-7,11,14,17H,3,8-10H2,1-2H3/t11-,14+/m1/s1. The van der Waals surface area contributed by atoms with E-state index in [9.17, 15) is 13.2 Å². The SMILES string of the molecule is CCN(C(=O)[C@@H](C)Nc1ccc(Cl)cc1)[C@H]1CCS(=O)(=O)C1. The van der Waals surface area contributed by atoms with E-state index in [4.69, 9.17) is 11.6 Å². The summed E-state index contributed by atoms with van der Waals surface area (Å²) < 4.78 is 23.2. The minimum absolute atomic E-state index is 0.0697. The van der Waals surface area contributed by atoms with Gasteiger partial charge in [0.2, 0.25) is 5.91 Å². The Morgan fingerprint density at radius 3 is 2.55 bits per heavy atom. The fourth-order valence-electron chi connectivity index (χ4n) is 2.72. The van der Waals surface area contributed by atoms with Crippen molar-refractivity contribution in [1.29, 1.82) is 0 Å². The van der Waals surface area contributed by atoms with Crippen LogP contribution < -0.4 is 5.32 Å². The number of rotatable bonds is 5. The zero-order chi connectivity index (χ0) is 16.3. The van der Waals surface area contributed by atoms with Gasteiger partial charge in [-0.2, -0.15) is 0 Å². The van der Waals surface area contributed by atoms with Gasteiger partial charge in [-0.25, -0.2) is 8.42 Å². The highest BCUT2D eigenvalue weighted by Crippen LogP contribution is 2.20. The second-order valence-corrected chi connectivity index (χ2v) is 8.22. The molecule has 1 fully saturated rings. The Morgan fingerprint density at radius 1 is 1.41 bits per heavy atom. The number of benzene rings is 1. The molecular weight excluding hydrogens is 324 g/mol. The van der Waals surface area contributed by atoms with Crippen LogP contribution >= 0.6 is 11.6 Å². The summed E-state index contributed by atoms with van der Waals surface area (Å²) >= 11 is 5.84. The van der Waals surface area contributed by atoms with Crippen molar-refractivity contribution >= 4 is 33.0 Å². The molecule has 0 bridgehead atoms. The van der Waals surface area contributed by atoms with Gasteiger partial charge in [-0.3, -0.25) is 4.79 Å². The van der Waals surface area contributed by atoms with E-state index >= 15 is 0 Å². The molecule has 122 valence electrons. The Balaban J connectivity index is 2.03. The Labute approximate surface area is 136 Å². The molecule has 1 aromatic rings. The summed E-state index contributed by atoms with van der Waals surface area (Å²) in [5, 5.41) is 3.76. The molecule has 1 saturated heterocycles. The quantitative estimate of drug-likeness (QED) is 0.889. The molecule has 22 heavy (non-hydrogen) atoms. The zero-order valence-corrected chi connectivity index (χ0v) is 14.3. The van der Waals surface area contributed by atoms with E-state index in [0.717, 1.165) is 5.69 Å². The number of amides is 1. The summed E-state index contributed by atoms with van der Waals surface area (Å²) in [4.78, 5) is 14.3. The molecule has 2 atom stereocenters. The van der Waals surface area contributed by atoms with Crippen LogP contribution in [0.3, 0.4) is 0 Å². The van der Waals surface area contributed by atoms with Gasteiger partial charge in [0.1, 0.15) is 6.04 Å². The van der Waals surface area contributed by atoms with E-state index in [-0.39, 0.29) is 23.5 Å². The van der Waals surface area contributed by atoms with Gasteiger partial charge in [0.05, 0.1) is 11.5 Å². The second kappa shape index (κ2) is 6.87. The molecule has 1 aromatic carbocycles. The summed E-state index contributed by atoms with van der Waals surface area (Å²) in [5.74, 6) is 0.153. The largest absolute Gasteiger partial charge is 0.374 e. The van der Waals surface area contributed by atoms with Crippen molar-refractivity contribution in [2.45, 2.75) is 32.4 Å². The highest BCUT2D eigenvalue weighted by atomic mass is 35.5. The van der Waals surface area contributed by atoms with Crippen LogP contribution in [0.4, 0.5) is 5.69 Å². The molecule has 1 aliphatic heterocycles. The smallest absolute Gasteiger partial charge is 0.245 e. The van der Waals surface area contributed by atoms with E-state index < -0.39 is 15.9 Å². The van der Waals surface area contributed by atoms with Gasteiger partial charge in [-0.1, -0.05) is 11.6 Å². The Hall–Kier alpha value is -1.27. The lowest BCUT2D eigenvalue weighted by atomic mass is 10.1. The third-order valence-corrected chi connectivity index (χ3v) is 5.87. The first kappa shape index (κ1) is 17.1. The molecule has 1 heterocycles. The molecule has 1 N–H and O–H groups in total. The van der Waals surface area contributed by atoms with Crippen LogP contribution in [0.15, 0.2) is 24.3 Å². The van der Waals surface area contributed by atoms with Crippen LogP contribution in [0.25, 0.3) is 0 Å². The molecule has 5 nitrogen and oxygen atoms in total. The van der Waals surface area contributed by atoms with Gasteiger partial charge in [-0.15, -0.1) is 0 Å². The summed E-state index contributed by atoms with van der Waals surface area (Å²) in [7, 11) is -3.00. The van der Waals surface area contributed by atoms with Crippen LogP contribution in [0, 0.1) is 0 Å². The fourth-order valence-corrected chi connectivity index (χ4v) is 4.58. The summed E-state index contributed by atoms with van der Waals surface area (Å²) in [6.45, 7) is 4.16. The van der Waals surface area contributed by atoms with Crippen molar-refractivity contribution in [2.75, 3.05) is 23.4 Å². The van der Waals surface area contributed by atoms with Gasteiger partial charge in [0.15, 0.2) is 9.84 Å². The summed E-state index contributed by atoms with van der Waals surface area (Å²) in [6, 6.07) is 6.48. The number of likely N-dealkylation sites (N-methyl/N-ethyl adjacent to an activating group) is 1. The molecule has 0 aromatic heterocycles. The number of carbonyl (C=O) groups is 1. The van der Waals surface area contributed by atoms with E-state index in [1.807, 2.05) is 19.1 Å². The zero-order valence-electron chi connectivity index (χ0n) is 12.8. The Morgan fingerprint density at radius 2 is 2.05 bits per heavy atom. The van der Waals surface area contributed by atoms with Crippen LogP contribution in [-0.2, 0) is 14.6 Å². The van der Waals surface area contributed by atoms with Gasteiger partial charge in [0, 0.05) is 23.3 Å². The maximum absolute atomic E-state index is 12.6. The van der Waals surface area contributed by atoms with E-state index in [1.165, 1.54) is 0 Å². The second-order valence-electron chi connectivity index (χ2n) is 5.55. The highest BCUT2D eigenvalue weighted by Gasteiger charge is 2.35. The maximum atomic E-state index is 12.6. The molecule has 1 amide bonds. The lowest BCUT2D eigenvalue weighted by molar-refractivity contribution is -0.133. The number of hydrogen-bond acceptors (Lipinski definition) is 4. The van der Waals surface area contributed by atoms with E-state index in [0.29, 0.717) is 18.0 Å². The number of halogens is 1. The topological polar surface area (TPSA) is 66.5 Å². The van der Waals surface area contributed by atoms with Gasteiger partial charge >= 0.3 is 0 Å². The van der Waals surface area contributed by atoms with Crippen LogP contribution in [0.5, 0.6) is 0 Å². The molecule has 2 rings (SSSR count). The Kier molecular flexibility index (Phi) is 5.34. The lowest BCUT2D eigenvalue weighted by Crippen LogP contribution is -2.47. The molecule has 0 radical (unpaired) electrons. The number of carbonyl (C=O) groups excluding carboxylic acids is 1. The lowest BCUT2D eigenvalue weighted by Gasteiger charge is -2.30. The van der Waals surface area contributed by atoms with Gasteiger partial charge in [-0.05, 0) is 44.5 Å². The Bertz CT molecular complexity index is 631. The molecule has 0 unspecified atom stereocenters. The predicted molar refractivity (Wildman–Crippen MR) is 89.0 cm³/mol. The minimum Gasteiger partial charge on any atom is -0.374 e. The molecule has 7 heteroatoms. The minimum atomic E-state index is -3.00. The molecule has 1 aliphatic rings. The average molecular weight is 345 g/mol. The number of anilines is 1. The van der Waals surface area contributed by atoms with Crippen molar-refractivity contribution < 1.29 is 13.2 Å². The molecule has 0 spiro atoms. The number of hydrogen-bond donors (Lipinski definition) is 1. The first-order chi connectivity index (χ1) is 10.3. The van der Waals surface area contributed by atoms with Gasteiger partial charge in [0.25, 0.3) is 0 Å². The maximum Gasteiger partial charge on any atom is 0.245 e. The monoisotopic (exact) mass is 344 g/mol. The first-order valence-electron chi connectivity index (χ1n) is 7.35. The van der Waals surface area contributed by atoms with Crippen LogP contribution in [0.2, 0.25) is 5.02 Å². The van der Waals surface area contributed by atoms with Crippen molar-refractivity contribution in [3.63, 3.8) is 0 Å². The molecular formula is C15H21ClN2O3S. The highest BCUT2D eigenvalue weighted by molar-refractivity contribution is 7.91.